The van der Waals surface area contributed by atoms with Gasteiger partial charge in [-0.3, -0.25) is 24.3 Å². The van der Waals surface area contributed by atoms with Gasteiger partial charge in [-0.1, -0.05) is 0 Å². The summed E-state index contributed by atoms with van der Waals surface area (Å²) in [5, 5.41) is 0. The third-order valence-corrected chi connectivity index (χ3v) is 7.65. The molecule has 4 aliphatic rings. The van der Waals surface area contributed by atoms with E-state index in [9.17, 15) is 14.4 Å². The number of aromatic nitrogens is 1. The van der Waals surface area contributed by atoms with E-state index >= 15 is 0 Å². The molecule has 0 spiro atoms. The molecule has 1 aromatic heterocycles. The fourth-order valence-corrected chi connectivity index (χ4v) is 5.95. The number of benzene rings is 1. The molecule has 3 atom stereocenters. The van der Waals surface area contributed by atoms with Crippen LogP contribution >= 0.6 is 0 Å². The first-order chi connectivity index (χ1) is 16.1. The number of rotatable bonds is 4. The first-order valence-electron chi connectivity index (χ1n) is 11.9. The zero-order chi connectivity index (χ0) is 22.5. The van der Waals surface area contributed by atoms with E-state index in [2.05, 4.69) is 16.0 Å². The summed E-state index contributed by atoms with van der Waals surface area (Å²) in [6.07, 6.45) is 7.95. The molecule has 170 valence electrons. The highest BCUT2D eigenvalue weighted by molar-refractivity contribution is 6.07. The summed E-state index contributed by atoms with van der Waals surface area (Å²) in [6.45, 7) is 2.26. The van der Waals surface area contributed by atoms with Gasteiger partial charge >= 0.3 is 0 Å². The van der Waals surface area contributed by atoms with E-state index in [-0.39, 0.29) is 30.0 Å². The Morgan fingerprint density at radius 2 is 1.82 bits per heavy atom. The fourth-order valence-electron chi connectivity index (χ4n) is 5.95. The van der Waals surface area contributed by atoms with Crippen molar-refractivity contribution in [2.75, 3.05) is 0 Å². The molecule has 2 aliphatic carbocycles. The van der Waals surface area contributed by atoms with E-state index in [1.807, 2.05) is 30.6 Å². The smallest absolute Gasteiger partial charge is 0.255 e. The number of ether oxygens (including phenoxy) is 1. The van der Waals surface area contributed by atoms with Gasteiger partial charge in [-0.25, -0.2) is 0 Å². The van der Waals surface area contributed by atoms with E-state index in [0.717, 1.165) is 43.7 Å². The molecule has 1 aromatic carbocycles. The molecule has 0 saturated heterocycles. The van der Waals surface area contributed by atoms with Crippen LogP contribution in [0.5, 0.6) is 5.75 Å². The van der Waals surface area contributed by atoms with Crippen LogP contribution < -0.4 is 4.74 Å². The number of fused-ring (bicyclic) bond motifs is 2. The quantitative estimate of drug-likeness (QED) is 0.673. The molecule has 2 saturated carbocycles. The molecular formula is C26H27N3O4. The molecule has 6 rings (SSSR count). The minimum Gasteiger partial charge on any atom is -0.489 e. The Hall–Kier alpha value is -3.06. The number of Topliss-reactive ketones (excluding diaryl/α,β-unsaturated/α-hetero) is 2. The first-order valence-corrected chi connectivity index (χ1v) is 11.9. The molecule has 2 aliphatic heterocycles. The van der Waals surface area contributed by atoms with Crippen molar-refractivity contribution < 1.29 is 19.1 Å². The number of hydrogen-bond donors (Lipinski definition) is 0. The van der Waals surface area contributed by atoms with Gasteiger partial charge in [0.05, 0.1) is 12.5 Å². The largest absolute Gasteiger partial charge is 0.489 e. The van der Waals surface area contributed by atoms with Gasteiger partial charge in [0.15, 0.2) is 5.78 Å². The van der Waals surface area contributed by atoms with Crippen molar-refractivity contribution in [1.82, 2.24) is 14.8 Å². The molecule has 3 heterocycles. The van der Waals surface area contributed by atoms with Gasteiger partial charge in [-0.15, -0.1) is 0 Å². The second kappa shape index (κ2) is 8.06. The minimum atomic E-state index is -0.488. The summed E-state index contributed by atoms with van der Waals surface area (Å²) in [5.74, 6) is 0.495. The molecule has 7 nitrogen and oxygen atoms in total. The second-order valence-corrected chi connectivity index (χ2v) is 9.69. The van der Waals surface area contributed by atoms with Gasteiger partial charge in [-0.05, 0) is 66.6 Å². The van der Waals surface area contributed by atoms with Crippen LogP contribution in [0, 0.1) is 0 Å². The lowest BCUT2D eigenvalue weighted by Crippen LogP contribution is -2.44. The predicted octanol–water partition coefficient (Wildman–Crippen LogP) is 3.04. The Bertz CT molecular complexity index is 1120. The van der Waals surface area contributed by atoms with E-state index < -0.39 is 6.04 Å². The summed E-state index contributed by atoms with van der Waals surface area (Å²) in [5.41, 5.74) is 4.19. The second-order valence-electron chi connectivity index (χ2n) is 9.69. The van der Waals surface area contributed by atoms with Gasteiger partial charge in [0, 0.05) is 50.1 Å². The molecule has 2 aromatic rings. The van der Waals surface area contributed by atoms with Gasteiger partial charge in [0.2, 0.25) is 0 Å². The Kier molecular flexibility index (Phi) is 5.02. The Morgan fingerprint density at radius 3 is 2.67 bits per heavy atom. The lowest BCUT2D eigenvalue weighted by Gasteiger charge is -2.29. The van der Waals surface area contributed by atoms with E-state index in [1.165, 1.54) is 11.1 Å². The maximum Gasteiger partial charge on any atom is 0.255 e. The van der Waals surface area contributed by atoms with Gasteiger partial charge in [0.25, 0.3) is 5.91 Å². The minimum absolute atomic E-state index is 0.0282. The molecule has 0 bridgehead atoms. The third-order valence-electron chi connectivity index (χ3n) is 7.65. The third kappa shape index (κ3) is 3.64. The lowest BCUT2D eigenvalue weighted by molar-refractivity contribution is -0.133. The number of pyridine rings is 1. The highest BCUT2D eigenvalue weighted by Gasteiger charge is 2.40. The predicted molar refractivity (Wildman–Crippen MR) is 120 cm³/mol. The zero-order valence-electron chi connectivity index (χ0n) is 18.5. The molecule has 7 heteroatoms. The molecule has 33 heavy (non-hydrogen) atoms. The number of nitrogens with zero attached hydrogens (tertiary/aromatic N) is 3. The standard InChI is InChI=1S/C26H27N3O4/c30-19-4-7-22(24(31)11-19)29-15-17-10-20(5-6-21(17)26(29)32)33-25-3-1-2-23(25)28-13-16-8-9-27-12-18(16)14-28/h5-6,8-10,12,22-23,25H,1-4,7,11,13-15H2/t22?,23-,25+/m1/s1. The van der Waals surface area contributed by atoms with Crippen molar-refractivity contribution in [2.24, 2.45) is 0 Å². The van der Waals surface area contributed by atoms with Gasteiger partial charge in [-0.2, -0.15) is 0 Å². The average molecular weight is 446 g/mol. The molecule has 1 amide bonds. The number of hydrogen-bond acceptors (Lipinski definition) is 6. The zero-order valence-corrected chi connectivity index (χ0v) is 18.5. The van der Waals surface area contributed by atoms with Crippen LogP contribution in [-0.2, 0) is 29.2 Å². The van der Waals surface area contributed by atoms with Crippen LogP contribution in [0.1, 0.15) is 65.6 Å². The molecule has 2 fully saturated rings. The van der Waals surface area contributed by atoms with E-state index in [1.54, 1.807) is 4.90 Å². The van der Waals surface area contributed by atoms with Crippen LogP contribution in [0.2, 0.25) is 0 Å². The maximum atomic E-state index is 12.9. The molecular weight excluding hydrogens is 418 g/mol. The van der Waals surface area contributed by atoms with Gasteiger partial charge in [0.1, 0.15) is 17.6 Å². The molecule has 0 N–H and O–H groups in total. The normalized spacial score (nSPS) is 27.2. The van der Waals surface area contributed by atoms with Crippen molar-refractivity contribution in [2.45, 2.75) is 76.3 Å². The van der Waals surface area contributed by atoms with Crippen LogP contribution in [0.25, 0.3) is 0 Å². The number of carbonyl (C=O) groups is 3. The summed E-state index contributed by atoms with van der Waals surface area (Å²) in [7, 11) is 0. The van der Waals surface area contributed by atoms with Crippen molar-refractivity contribution in [3.05, 3.63) is 58.9 Å². The summed E-state index contributed by atoms with van der Waals surface area (Å²) < 4.78 is 6.48. The van der Waals surface area contributed by atoms with Crippen molar-refractivity contribution in [3.63, 3.8) is 0 Å². The number of ketones is 2. The Balaban J connectivity index is 1.16. The van der Waals surface area contributed by atoms with Crippen LogP contribution in [0.4, 0.5) is 0 Å². The SMILES string of the molecule is O=C1CCC(N2Cc3cc(O[C@H]4CCC[C@H]4N4Cc5ccncc5C4)ccc3C2=O)C(=O)C1. The van der Waals surface area contributed by atoms with E-state index in [4.69, 9.17) is 4.74 Å². The summed E-state index contributed by atoms with van der Waals surface area (Å²) in [6, 6.07) is 7.65. The highest BCUT2D eigenvalue weighted by Crippen LogP contribution is 2.36. The number of amides is 1. The van der Waals surface area contributed by atoms with Crippen LogP contribution in [-0.4, -0.2) is 50.4 Å². The topological polar surface area (TPSA) is 79.8 Å². The van der Waals surface area contributed by atoms with Gasteiger partial charge < -0.3 is 9.64 Å². The average Bonchev–Trinajstić information content (AvgIpc) is 3.51. The fraction of sp³-hybridized carbons (Fsp3) is 0.462. The number of carbonyl (C=O) groups excluding carboxylic acids is 3. The first kappa shape index (κ1) is 20.5. The lowest BCUT2D eigenvalue weighted by atomic mass is 9.92. The van der Waals surface area contributed by atoms with Crippen molar-refractivity contribution in [1.29, 1.82) is 0 Å². The Morgan fingerprint density at radius 1 is 0.939 bits per heavy atom. The monoisotopic (exact) mass is 445 g/mol. The van der Waals surface area contributed by atoms with Crippen LogP contribution in [0.15, 0.2) is 36.7 Å². The Labute approximate surface area is 192 Å². The van der Waals surface area contributed by atoms with Crippen molar-refractivity contribution in [3.8, 4) is 5.75 Å². The highest BCUT2D eigenvalue weighted by atomic mass is 16.5. The molecule has 1 unspecified atom stereocenters. The van der Waals surface area contributed by atoms with Crippen molar-refractivity contribution >= 4 is 17.5 Å². The summed E-state index contributed by atoms with van der Waals surface area (Å²) >= 11 is 0. The van der Waals surface area contributed by atoms with E-state index in [0.29, 0.717) is 31.0 Å². The summed E-state index contributed by atoms with van der Waals surface area (Å²) in [4.78, 5) is 45.3. The maximum absolute atomic E-state index is 12.9. The van der Waals surface area contributed by atoms with Crippen LogP contribution in [0.3, 0.4) is 0 Å². The molecule has 0 radical (unpaired) electrons.